The maximum absolute atomic E-state index is 8.96. The van der Waals surface area contributed by atoms with Crippen LogP contribution < -0.4 is 5.73 Å². The summed E-state index contributed by atoms with van der Waals surface area (Å²) in [6.07, 6.45) is 1.64. The van der Waals surface area contributed by atoms with Crippen molar-refractivity contribution in [3.8, 4) is 0 Å². The fourth-order valence-corrected chi connectivity index (χ4v) is 0.767. The summed E-state index contributed by atoms with van der Waals surface area (Å²) in [4.78, 5) is 0. The third-order valence-corrected chi connectivity index (χ3v) is 1.43. The molecule has 0 radical (unpaired) electrons. The van der Waals surface area contributed by atoms with E-state index in [0.717, 1.165) is 12.8 Å². The van der Waals surface area contributed by atoms with Crippen LogP contribution in [0.3, 0.4) is 0 Å². The molecule has 0 bridgehead atoms. The molecule has 0 amide bonds. The molecule has 10 heavy (non-hydrogen) atoms. The fourth-order valence-electron chi connectivity index (χ4n) is 0.767. The first-order chi connectivity index (χ1) is 4.66. The van der Waals surface area contributed by atoms with E-state index in [2.05, 4.69) is 0 Å². The number of nitrogens with two attached hydrogens (primary N) is 1. The highest BCUT2D eigenvalue weighted by Gasteiger charge is 2.01. The molecule has 0 aliphatic rings. The lowest BCUT2D eigenvalue weighted by Crippen LogP contribution is -2.19. The lowest BCUT2D eigenvalue weighted by Gasteiger charge is -2.07. The summed E-state index contributed by atoms with van der Waals surface area (Å²) >= 11 is 0. The molecule has 3 heteroatoms. The molecule has 0 fully saturated rings. The van der Waals surface area contributed by atoms with Gasteiger partial charge in [0.1, 0.15) is 0 Å². The highest BCUT2D eigenvalue weighted by molar-refractivity contribution is 4.57. The van der Waals surface area contributed by atoms with Gasteiger partial charge in [0.2, 0.25) is 0 Å². The minimum absolute atomic E-state index is 0.259. The topological polar surface area (TPSA) is 66.5 Å². The third kappa shape index (κ3) is 6.01. The van der Waals surface area contributed by atoms with Gasteiger partial charge in [-0.15, -0.1) is 0 Å². The summed E-state index contributed by atoms with van der Waals surface area (Å²) in [5.74, 6) is 0. The van der Waals surface area contributed by atoms with Crippen molar-refractivity contribution in [3.63, 3.8) is 0 Å². The first-order valence-corrected chi connectivity index (χ1v) is 3.73. The second-order valence-electron chi connectivity index (χ2n) is 2.67. The number of rotatable bonds is 5. The molecule has 62 valence electrons. The minimum atomic E-state index is -0.390. The maximum Gasteiger partial charge on any atom is 0.0662 e. The normalized spacial score (nSPS) is 16.8. The van der Waals surface area contributed by atoms with Crippen molar-refractivity contribution < 1.29 is 10.2 Å². The highest BCUT2D eigenvalue weighted by atomic mass is 16.3. The number of hydrogen-bond acceptors (Lipinski definition) is 3. The lowest BCUT2D eigenvalue weighted by atomic mass is 10.1. The van der Waals surface area contributed by atoms with Crippen LogP contribution in [0.15, 0.2) is 0 Å². The largest absolute Gasteiger partial charge is 0.393 e. The van der Waals surface area contributed by atoms with Gasteiger partial charge in [-0.25, -0.2) is 0 Å². The van der Waals surface area contributed by atoms with Crippen molar-refractivity contribution in [2.45, 2.75) is 38.4 Å². The third-order valence-electron chi connectivity index (χ3n) is 1.43. The van der Waals surface area contributed by atoms with Gasteiger partial charge in [0.05, 0.1) is 12.2 Å². The van der Waals surface area contributed by atoms with E-state index in [1.807, 2.05) is 0 Å². The van der Waals surface area contributed by atoms with Crippen LogP contribution >= 0.6 is 0 Å². The van der Waals surface area contributed by atoms with Crippen LogP contribution in [0.1, 0.15) is 26.2 Å². The second-order valence-corrected chi connectivity index (χ2v) is 2.67. The average Bonchev–Trinajstić information content (AvgIpc) is 1.87. The van der Waals surface area contributed by atoms with Crippen LogP contribution in [0, 0.1) is 0 Å². The molecule has 0 saturated carbocycles. The quantitative estimate of drug-likeness (QED) is 0.507. The molecule has 0 heterocycles. The number of hydrogen-bond donors (Lipinski definition) is 3. The summed E-state index contributed by atoms with van der Waals surface area (Å²) in [6.45, 7) is 2.06. The first kappa shape index (κ1) is 9.88. The summed E-state index contributed by atoms with van der Waals surface area (Å²) in [5, 5.41) is 17.8. The Morgan fingerprint density at radius 2 is 1.90 bits per heavy atom. The van der Waals surface area contributed by atoms with Crippen LogP contribution in [-0.4, -0.2) is 29.0 Å². The SMILES string of the molecule is CC(O)CCCC(O)CN. The van der Waals surface area contributed by atoms with E-state index in [4.69, 9.17) is 15.9 Å². The van der Waals surface area contributed by atoms with E-state index in [0.29, 0.717) is 13.0 Å². The summed E-state index contributed by atoms with van der Waals surface area (Å²) in [6, 6.07) is 0. The smallest absolute Gasteiger partial charge is 0.0662 e. The van der Waals surface area contributed by atoms with Gasteiger partial charge in [-0.2, -0.15) is 0 Å². The molecular formula is C7H17NO2. The molecule has 0 aliphatic heterocycles. The van der Waals surface area contributed by atoms with Gasteiger partial charge < -0.3 is 15.9 Å². The zero-order valence-electron chi connectivity index (χ0n) is 6.45. The van der Waals surface area contributed by atoms with Gasteiger partial charge in [-0.3, -0.25) is 0 Å². The molecule has 0 aromatic heterocycles. The van der Waals surface area contributed by atoms with Gasteiger partial charge in [0.25, 0.3) is 0 Å². The van der Waals surface area contributed by atoms with Gasteiger partial charge in [-0.1, -0.05) is 0 Å². The predicted molar refractivity (Wildman–Crippen MR) is 40.6 cm³/mol. The Balaban J connectivity index is 3.03. The second kappa shape index (κ2) is 5.65. The van der Waals surface area contributed by atoms with E-state index in [9.17, 15) is 0 Å². The Morgan fingerprint density at radius 3 is 2.30 bits per heavy atom. The molecule has 0 spiro atoms. The Bertz CT molecular complexity index is 76.0. The first-order valence-electron chi connectivity index (χ1n) is 3.73. The molecule has 0 aliphatic carbocycles. The van der Waals surface area contributed by atoms with Crippen LogP contribution in [-0.2, 0) is 0 Å². The summed E-state index contributed by atoms with van der Waals surface area (Å²) in [5.41, 5.74) is 5.18. The Labute approximate surface area is 61.9 Å². The molecule has 0 aromatic rings. The molecule has 0 saturated heterocycles. The van der Waals surface area contributed by atoms with Crippen LogP contribution in [0.2, 0.25) is 0 Å². The van der Waals surface area contributed by atoms with Gasteiger partial charge in [0.15, 0.2) is 0 Å². The van der Waals surface area contributed by atoms with Crippen LogP contribution in [0.25, 0.3) is 0 Å². The molecule has 3 nitrogen and oxygen atoms in total. The fraction of sp³-hybridized carbons (Fsp3) is 1.00. The zero-order chi connectivity index (χ0) is 7.98. The standard InChI is InChI=1S/C7H17NO2/c1-6(9)3-2-4-7(10)5-8/h6-7,9-10H,2-5,8H2,1H3. The maximum atomic E-state index is 8.96. The van der Waals surface area contributed by atoms with Gasteiger partial charge in [-0.05, 0) is 26.2 Å². The molecule has 2 atom stereocenters. The zero-order valence-corrected chi connectivity index (χ0v) is 6.45. The Kier molecular flexibility index (Phi) is 5.58. The van der Waals surface area contributed by atoms with Crippen molar-refractivity contribution in [1.29, 1.82) is 0 Å². The monoisotopic (exact) mass is 147 g/mol. The number of aliphatic hydroxyl groups is 2. The Morgan fingerprint density at radius 1 is 1.30 bits per heavy atom. The van der Waals surface area contributed by atoms with Crippen molar-refractivity contribution in [2.24, 2.45) is 5.73 Å². The highest BCUT2D eigenvalue weighted by Crippen LogP contribution is 2.02. The summed E-state index contributed by atoms with van der Waals surface area (Å²) in [7, 11) is 0. The molecule has 4 N–H and O–H groups in total. The van der Waals surface area contributed by atoms with Crippen molar-refractivity contribution in [1.82, 2.24) is 0 Å². The van der Waals surface area contributed by atoms with E-state index >= 15 is 0 Å². The molecule has 2 unspecified atom stereocenters. The Hall–Kier alpha value is -0.120. The van der Waals surface area contributed by atoms with Gasteiger partial charge >= 0.3 is 0 Å². The van der Waals surface area contributed by atoms with E-state index < -0.39 is 6.10 Å². The van der Waals surface area contributed by atoms with E-state index in [1.54, 1.807) is 6.92 Å². The predicted octanol–water partition coefficient (Wildman–Crippen LogP) is -0.143. The van der Waals surface area contributed by atoms with Crippen molar-refractivity contribution in [2.75, 3.05) is 6.54 Å². The lowest BCUT2D eigenvalue weighted by molar-refractivity contribution is 0.147. The number of aliphatic hydroxyl groups excluding tert-OH is 2. The van der Waals surface area contributed by atoms with E-state index in [-0.39, 0.29) is 6.10 Å². The van der Waals surface area contributed by atoms with Crippen LogP contribution in [0.5, 0.6) is 0 Å². The molecule has 0 aromatic carbocycles. The minimum Gasteiger partial charge on any atom is -0.393 e. The van der Waals surface area contributed by atoms with Crippen molar-refractivity contribution in [3.05, 3.63) is 0 Å². The average molecular weight is 147 g/mol. The van der Waals surface area contributed by atoms with Crippen molar-refractivity contribution >= 4 is 0 Å². The molecular weight excluding hydrogens is 130 g/mol. The van der Waals surface area contributed by atoms with E-state index in [1.165, 1.54) is 0 Å². The molecule has 0 rings (SSSR count). The van der Waals surface area contributed by atoms with Crippen LogP contribution in [0.4, 0.5) is 0 Å². The van der Waals surface area contributed by atoms with Gasteiger partial charge in [0, 0.05) is 6.54 Å². The summed E-state index contributed by atoms with van der Waals surface area (Å²) < 4.78 is 0.